The Morgan fingerprint density at radius 2 is 1.83 bits per heavy atom. The van der Waals surface area contributed by atoms with Crippen molar-refractivity contribution < 1.29 is 8.42 Å². The van der Waals surface area contributed by atoms with E-state index in [1.165, 1.54) is 6.07 Å². The number of halogens is 3. The Bertz CT molecular complexity index is 669. The quantitative estimate of drug-likeness (QED) is 0.817. The van der Waals surface area contributed by atoms with Crippen molar-refractivity contribution in [1.29, 1.82) is 0 Å². The van der Waals surface area contributed by atoms with Gasteiger partial charge in [0.1, 0.15) is 16.2 Å². The molecule has 5 nitrogen and oxygen atoms in total. The highest BCUT2D eigenvalue weighted by molar-refractivity contribution is 9.11. The monoisotopic (exact) mass is 387 g/mol. The molecular formula is C8H4BrCl2N3O2S2. The van der Waals surface area contributed by atoms with Crippen LogP contribution in [0.15, 0.2) is 26.5 Å². The average molecular weight is 389 g/mol. The van der Waals surface area contributed by atoms with Crippen molar-refractivity contribution >= 4 is 66.2 Å². The number of nitrogens with zero attached hydrogens (tertiary/aromatic N) is 2. The molecule has 10 heteroatoms. The highest BCUT2D eigenvalue weighted by Crippen LogP contribution is 2.31. The zero-order chi connectivity index (χ0) is 13.3. The lowest BCUT2D eigenvalue weighted by Crippen LogP contribution is -2.13. The Balaban J connectivity index is 2.40. The van der Waals surface area contributed by atoms with Crippen molar-refractivity contribution in [3.05, 3.63) is 32.6 Å². The van der Waals surface area contributed by atoms with Crippen LogP contribution in [0, 0.1) is 0 Å². The van der Waals surface area contributed by atoms with E-state index in [9.17, 15) is 8.42 Å². The van der Waals surface area contributed by atoms with E-state index >= 15 is 0 Å². The van der Waals surface area contributed by atoms with E-state index in [0.29, 0.717) is 3.79 Å². The van der Waals surface area contributed by atoms with Crippen LogP contribution in [-0.2, 0) is 10.0 Å². The minimum atomic E-state index is -3.75. The number of anilines is 1. The third kappa shape index (κ3) is 2.94. The number of sulfonamides is 1. The molecule has 0 radical (unpaired) electrons. The fourth-order valence-electron chi connectivity index (χ4n) is 1.06. The maximum Gasteiger partial charge on any atom is 0.271 e. The first-order valence-corrected chi connectivity index (χ1v) is 8.19. The van der Waals surface area contributed by atoms with E-state index in [0.717, 1.165) is 17.7 Å². The van der Waals surface area contributed by atoms with E-state index in [1.807, 2.05) is 0 Å². The molecule has 0 saturated carbocycles. The lowest BCUT2D eigenvalue weighted by molar-refractivity contribution is 0.603. The normalized spacial score (nSPS) is 11.5. The molecule has 0 amide bonds. The first kappa shape index (κ1) is 14.0. The summed E-state index contributed by atoms with van der Waals surface area (Å²) in [6, 6.07) is 3.09. The van der Waals surface area contributed by atoms with Crippen LogP contribution in [0.25, 0.3) is 0 Å². The molecule has 2 aromatic rings. The predicted octanol–water partition coefficient (Wildman–Crippen LogP) is 3.41. The molecule has 0 spiro atoms. The van der Waals surface area contributed by atoms with Crippen LogP contribution in [0.3, 0.4) is 0 Å². The fourth-order valence-corrected chi connectivity index (χ4v) is 4.66. The van der Waals surface area contributed by atoms with Crippen molar-refractivity contribution in [3.8, 4) is 0 Å². The van der Waals surface area contributed by atoms with Crippen molar-refractivity contribution in [1.82, 2.24) is 9.97 Å². The van der Waals surface area contributed by atoms with Crippen molar-refractivity contribution in [2.24, 2.45) is 0 Å². The van der Waals surface area contributed by atoms with Crippen molar-refractivity contribution in [2.75, 3.05) is 4.72 Å². The number of rotatable bonds is 3. The fraction of sp³-hybridized carbons (Fsp3) is 0. The summed E-state index contributed by atoms with van der Waals surface area (Å²) in [6.07, 6.45) is 1.14. The molecule has 96 valence electrons. The highest BCUT2D eigenvalue weighted by Gasteiger charge is 2.20. The van der Waals surface area contributed by atoms with Crippen molar-refractivity contribution in [3.63, 3.8) is 0 Å². The summed E-state index contributed by atoms with van der Waals surface area (Å²) < 4.78 is 27.1. The second kappa shape index (κ2) is 5.30. The Morgan fingerprint density at radius 3 is 2.33 bits per heavy atom. The lowest BCUT2D eigenvalue weighted by Gasteiger charge is -2.08. The molecule has 2 aromatic heterocycles. The number of thiophene rings is 1. The molecule has 0 saturated heterocycles. The molecule has 0 unspecified atom stereocenters. The summed E-state index contributed by atoms with van der Waals surface area (Å²) in [5.74, 6) is 0. The van der Waals surface area contributed by atoms with Gasteiger partial charge in [-0.25, -0.2) is 18.4 Å². The van der Waals surface area contributed by atoms with Gasteiger partial charge in [-0.05, 0) is 28.1 Å². The molecule has 0 aromatic carbocycles. The Morgan fingerprint density at radius 1 is 1.22 bits per heavy atom. The van der Waals surface area contributed by atoms with Gasteiger partial charge in [0.15, 0.2) is 10.3 Å². The summed E-state index contributed by atoms with van der Waals surface area (Å²) in [5.41, 5.74) is -0.0367. The molecule has 18 heavy (non-hydrogen) atoms. The van der Waals surface area contributed by atoms with Crippen LogP contribution in [0.5, 0.6) is 0 Å². The van der Waals surface area contributed by atoms with E-state index in [1.54, 1.807) is 6.07 Å². The third-order valence-corrected chi connectivity index (χ3v) is 5.84. The zero-order valence-corrected chi connectivity index (χ0v) is 13.1. The van der Waals surface area contributed by atoms with Crippen LogP contribution in [0.1, 0.15) is 0 Å². The molecule has 2 rings (SSSR count). The molecule has 0 aliphatic rings. The van der Waals surface area contributed by atoms with Gasteiger partial charge in [0.2, 0.25) is 0 Å². The summed E-state index contributed by atoms with van der Waals surface area (Å²) in [6.45, 7) is 0. The van der Waals surface area contributed by atoms with E-state index in [-0.39, 0.29) is 20.2 Å². The summed E-state index contributed by atoms with van der Waals surface area (Å²) in [4.78, 5) is 7.32. The second-order valence-corrected chi connectivity index (χ2v) is 8.08. The van der Waals surface area contributed by atoms with Gasteiger partial charge in [-0.1, -0.05) is 23.2 Å². The molecule has 0 fully saturated rings. The van der Waals surface area contributed by atoms with Gasteiger partial charge in [0.25, 0.3) is 10.0 Å². The van der Waals surface area contributed by atoms with Crippen LogP contribution >= 0.6 is 50.5 Å². The minimum Gasteiger partial charge on any atom is -0.273 e. The first-order valence-electron chi connectivity index (χ1n) is 4.34. The number of hydrogen-bond acceptors (Lipinski definition) is 5. The number of hydrogen-bond donors (Lipinski definition) is 1. The van der Waals surface area contributed by atoms with Gasteiger partial charge >= 0.3 is 0 Å². The summed E-state index contributed by atoms with van der Waals surface area (Å²) in [7, 11) is -3.75. The maximum absolute atomic E-state index is 12.0. The van der Waals surface area contributed by atoms with E-state index in [2.05, 4.69) is 30.6 Å². The minimum absolute atomic E-state index is 0.0367. The molecular weight excluding hydrogens is 385 g/mol. The molecule has 0 atom stereocenters. The summed E-state index contributed by atoms with van der Waals surface area (Å²) >= 11 is 15.8. The molecule has 0 aliphatic carbocycles. The molecule has 1 N–H and O–H groups in total. The standard InChI is InChI=1S/C8H4BrCl2N3O2S2/c9-4-1-2-5(17-4)18(15,16)14-6-7(10)12-3-13-8(6)11/h1-3,14H. The van der Waals surface area contributed by atoms with Gasteiger partial charge in [-0.15, -0.1) is 11.3 Å². The molecule has 0 aliphatic heterocycles. The summed E-state index contributed by atoms with van der Waals surface area (Å²) in [5, 5.41) is -0.122. The van der Waals surface area contributed by atoms with Crippen LogP contribution in [0.4, 0.5) is 5.69 Å². The van der Waals surface area contributed by atoms with Gasteiger partial charge in [-0.2, -0.15) is 0 Å². The largest absolute Gasteiger partial charge is 0.273 e. The van der Waals surface area contributed by atoms with Crippen LogP contribution in [-0.4, -0.2) is 18.4 Å². The van der Waals surface area contributed by atoms with Gasteiger partial charge in [-0.3, -0.25) is 4.72 Å². The van der Waals surface area contributed by atoms with Gasteiger partial charge in [0, 0.05) is 0 Å². The third-order valence-electron chi connectivity index (χ3n) is 1.80. The SMILES string of the molecule is O=S(=O)(Nc1c(Cl)ncnc1Cl)c1ccc(Br)s1. The average Bonchev–Trinajstić information content (AvgIpc) is 2.71. The van der Waals surface area contributed by atoms with E-state index < -0.39 is 10.0 Å². The molecule has 2 heterocycles. The number of nitrogens with one attached hydrogen (secondary N) is 1. The van der Waals surface area contributed by atoms with Gasteiger partial charge in [0.05, 0.1) is 3.79 Å². The zero-order valence-electron chi connectivity index (χ0n) is 8.39. The highest BCUT2D eigenvalue weighted by atomic mass is 79.9. The van der Waals surface area contributed by atoms with Crippen molar-refractivity contribution in [2.45, 2.75) is 4.21 Å². The second-order valence-electron chi connectivity index (χ2n) is 2.99. The van der Waals surface area contributed by atoms with Gasteiger partial charge < -0.3 is 0 Å². The topological polar surface area (TPSA) is 72.0 Å². The lowest BCUT2D eigenvalue weighted by atomic mass is 10.6. The molecule has 0 bridgehead atoms. The smallest absolute Gasteiger partial charge is 0.271 e. The van der Waals surface area contributed by atoms with Crippen LogP contribution in [0.2, 0.25) is 10.3 Å². The van der Waals surface area contributed by atoms with Crippen LogP contribution < -0.4 is 4.72 Å². The van der Waals surface area contributed by atoms with E-state index in [4.69, 9.17) is 23.2 Å². The predicted molar refractivity (Wildman–Crippen MR) is 74.9 cm³/mol. The Kier molecular flexibility index (Phi) is 4.12. The number of aromatic nitrogens is 2. The first-order chi connectivity index (χ1) is 8.40. The Hall–Kier alpha value is -0.410. The Labute approximate surface area is 125 Å². The maximum atomic E-state index is 12.0.